The van der Waals surface area contributed by atoms with E-state index in [1.54, 1.807) is 0 Å². The third kappa shape index (κ3) is 2.05. The zero-order valence-corrected chi connectivity index (χ0v) is 11.7. The van der Waals surface area contributed by atoms with Crippen LogP contribution >= 0.6 is 0 Å². The van der Waals surface area contributed by atoms with Crippen LogP contribution in [0.5, 0.6) is 0 Å². The minimum atomic E-state index is -1.37. The predicted molar refractivity (Wildman–Crippen MR) is 71.1 cm³/mol. The van der Waals surface area contributed by atoms with Crippen molar-refractivity contribution in [1.82, 2.24) is 4.98 Å². The minimum Gasteiger partial charge on any atom is -0.465 e. The Morgan fingerprint density at radius 2 is 1.88 bits per heavy atom. The SMILES string of the molecule is CC(C)c1cnc2cc([Si](C)(C)C)oc2c1. The van der Waals surface area contributed by atoms with E-state index < -0.39 is 8.07 Å². The number of fused-ring (bicyclic) bond motifs is 1. The average molecular weight is 233 g/mol. The van der Waals surface area contributed by atoms with Crippen LogP contribution in [0.25, 0.3) is 11.1 Å². The highest BCUT2D eigenvalue weighted by molar-refractivity contribution is 6.87. The van der Waals surface area contributed by atoms with Gasteiger partial charge in [-0.05, 0) is 17.5 Å². The average Bonchev–Trinajstić information content (AvgIpc) is 2.58. The molecule has 0 aliphatic heterocycles. The van der Waals surface area contributed by atoms with Crippen molar-refractivity contribution < 1.29 is 4.42 Å². The van der Waals surface area contributed by atoms with E-state index in [9.17, 15) is 0 Å². The van der Waals surface area contributed by atoms with Gasteiger partial charge < -0.3 is 4.42 Å². The molecule has 3 heteroatoms. The van der Waals surface area contributed by atoms with Gasteiger partial charge in [-0.3, -0.25) is 4.98 Å². The molecule has 0 aliphatic carbocycles. The number of hydrogen-bond donors (Lipinski definition) is 0. The molecule has 0 saturated carbocycles. The molecule has 0 spiro atoms. The van der Waals surface area contributed by atoms with Gasteiger partial charge in [0.15, 0.2) is 5.58 Å². The van der Waals surface area contributed by atoms with Crippen molar-refractivity contribution in [3.8, 4) is 0 Å². The monoisotopic (exact) mass is 233 g/mol. The van der Waals surface area contributed by atoms with E-state index in [4.69, 9.17) is 4.42 Å². The summed E-state index contributed by atoms with van der Waals surface area (Å²) in [7, 11) is -1.37. The summed E-state index contributed by atoms with van der Waals surface area (Å²) in [5.41, 5.74) is 3.16. The largest absolute Gasteiger partial charge is 0.465 e. The highest BCUT2D eigenvalue weighted by atomic mass is 28.3. The Balaban J connectivity index is 2.54. The fourth-order valence-corrected chi connectivity index (χ4v) is 2.60. The molecular weight excluding hydrogens is 214 g/mol. The molecule has 2 heterocycles. The van der Waals surface area contributed by atoms with E-state index in [-0.39, 0.29) is 0 Å². The van der Waals surface area contributed by atoms with Crippen LogP contribution in [0.1, 0.15) is 25.3 Å². The standard InChI is InChI=1S/C13H19NOSi/c1-9(2)10-6-12-11(14-8-10)7-13(15-12)16(3,4)5/h6-9H,1-5H3. The summed E-state index contributed by atoms with van der Waals surface area (Å²) in [6, 6.07) is 4.22. The minimum absolute atomic E-state index is 0.498. The molecule has 2 rings (SSSR count). The van der Waals surface area contributed by atoms with Crippen LogP contribution in [0.15, 0.2) is 22.7 Å². The molecular formula is C13H19NOSi. The van der Waals surface area contributed by atoms with Crippen molar-refractivity contribution in [3.05, 3.63) is 23.9 Å². The Labute approximate surface area is 97.7 Å². The lowest BCUT2D eigenvalue weighted by molar-refractivity contribution is 0.646. The first-order valence-corrected chi connectivity index (χ1v) is 9.28. The van der Waals surface area contributed by atoms with Crippen molar-refractivity contribution in [2.75, 3.05) is 0 Å². The molecule has 0 aromatic carbocycles. The quantitative estimate of drug-likeness (QED) is 0.742. The van der Waals surface area contributed by atoms with Crippen molar-refractivity contribution in [2.45, 2.75) is 39.4 Å². The van der Waals surface area contributed by atoms with Gasteiger partial charge in [0.1, 0.15) is 13.6 Å². The first-order valence-electron chi connectivity index (χ1n) is 5.78. The second kappa shape index (κ2) is 3.73. The third-order valence-electron chi connectivity index (χ3n) is 2.80. The van der Waals surface area contributed by atoms with Crippen molar-refractivity contribution in [1.29, 1.82) is 0 Å². The maximum absolute atomic E-state index is 5.92. The molecule has 0 atom stereocenters. The van der Waals surface area contributed by atoms with E-state index in [1.807, 2.05) is 6.20 Å². The fraction of sp³-hybridized carbons (Fsp3) is 0.462. The molecule has 2 aromatic heterocycles. The van der Waals surface area contributed by atoms with Crippen LogP contribution in [0.2, 0.25) is 19.6 Å². The Bertz CT molecular complexity index is 508. The number of nitrogens with zero attached hydrogens (tertiary/aromatic N) is 1. The zero-order chi connectivity index (χ0) is 11.9. The second-order valence-electron chi connectivity index (χ2n) is 5.67. The number of pyridine rings is 1. The Morgan fingerprint density at radius 1 is 1.19 bits per heavy atom. The zero-order valence-electron chi connectivity index (χ0n) is 10.7. The molecule has 16 heavy (non-hydrogen) atoms. The van der Waals surface area contributed by atoms with E-state index in [0.717, 1.165) is 16.5 Å². The van der Waals surface area contributed by atoms with Gasteiger partial charge in [0.2, 0.25) is 0 Å². The summed E-state index contributed by atoms with van der Waals surface area (Å²) in [6.07, 6.45) is 1.95. The van der Waals surface area contributed by atoms with Gasteiger partial charge in [-0.15, -0.1) is 0 Å². The lowest BCUT2D eigenvalue weighted by Gasteiger charge is -2.10. The van der Waals surface area contributed by atoms with E-state index in [0.29, 0.717) is 5.92 Å². The Hall–Kier alpha value is -1.09. The highest BCUT2D eigenvalue weighted by Crippen LogP contribution is 2.20. The summed E-state index contributed by atoms with van der Waals surface area (Å²) in [6.45, 7) is 11.2. The molecule has 2 aromatic rings. The lowest BCUT2D eigenvalue weighted by Crippen LogP contribution is -2.36. The number of aromatic nitrogens is 1. The maximum Gasteiger partial charge on any atom is 0.152 e. The van der Waals surface area contributed by atoms with Crippen LogP contribution in [0.4, 0.5) is 0 Å². The van der Waals surface area contributed by atoms with Crippen molar-refractivity contribution >= 4 is 24.6 Å². The van der Waals surface area contributed by atoms with Gasteiger partial charge in [-0.1, -0.05) is 33.5 Å². The smallest absolute Gasteiger partial charge is 0.152 e. The van der Waals surface area contributed by atoms with Crippen LogP contribution in [0.3, 0.4) is 0 Å². The summed E-state index contributed by atoms with van der Waals surface area (Å²) >= 11 is 0. The molecule has 0 aliphatic rings. The van der Waals surface area contributed by atoms with Gasteiger partial charge in [0.25, 0.3) is 0 Å². The van der Waals surface area contributed by atoms with E-state index in [2.05, 4.69) is 50.6 Å². The van der Waals surface area contributed by atoms with Crippen molar-refractivity contribution in [3.63, 3.8) is 0 Å². The number of hydrogen-bond acceptors (Lipinski definition) is 2. The number of rotatable bonds is 2. The van der Waals surface area contributed by atoms with Crippen LogP contribution < -0.4 is 5.38 Å². The second-order valence-corrected chi connectivity index (χ2v) is 10.7. The highest BCUT2D eigenvalue weighted by Gasteiger charge is 2.22. The third-order valence-corrected chi connectivity index (χ3v) is 4.52. The Kier molecular flexibility index (Phi) is 2.66. The first-order chi connectivity index (χ1) is 7.38. The number of furan rings is 1. The molecule has 0 fully saturated rings. The van der Waals surface area contributed by atoms with Crippen LogP contribution in [-0.4, -0.2) is 13.1 Å². The topological polar surface area (TPSA) is 26.0 Å². The van der Waals surface area contributed by atoms with Gasteiger partial charge in [-0.2, -0.15) is 0 Å². The van der Waals surface area contributed by atoms with Crippen LogP contribution in [-0.2, 0) is 0 Å². The summed E-state index contributed by atoms with van der Waals surface area (Å²) in [5.74, 6) is 0.498. The predicted octanol–water partition coefficient (Wildman–Crippen LogP) is 3.50. The molecule has 0 saturated heterocycles. The molecule has 86 valence electrons. The fourth-order valence-electron chi connectivity index (χ4n) is 1.62. The van der Waals surface area contributed by atoms with E-state index >= 15 is 0 Å². The summed E-state index contributed by atoms with van der Waals surface area (Å²) in [4.78, 5) is 4.47. The van der Waals surface area contributed by atoms with E-state index in [1.165, 1.54) is 5.56 Å². The van der Waals surface area contributed by atoms with Crippen LogP contribution in [0, 0.1) is 0 Å². The van der Waals surface area contributed by atoms with Gasteiger partial charge >= 0.3 is 0 Å². The molecule has 0 unspecified atom stereocenters. The Morgan fingerprint density at radius 3 is 2.44 bits per heavy atom. The summed E-state index contributed by atoms with van der Waals surface area (Å²) < 4.78 is 5.92. The maximum atomic E-state index is 5.92. The molecule has 0 N–H and O–H groups in total. The van der Waals surface area contributed by atoms with Gasteiger partial charge in [0, 0.05) is 12.3 Å². The normalized spacial score (nSPS) is 12.6. The van der Waals surface area contributed by atoms with Crippen molar-refractivity contribution in [2.24, 2.45) is 0 Å². The molecule has 0 bridgehead atoms. The van der Waals surface area contributed by atoms with Gasteiger partial charge in [0.05, 0.1) is 5.38 Å². The molecule has 0 radical (unpaired) electrons. The lowest BCUT2D eigenvalue weighted by atomic mass is 10.1. The molecule has 0 amide bonds. The first kappa shape index (κ1) is 11.4. The van der Waals surface area contributed by atoms with Gasteiger partial charge in [-0.25, -0.2) is 0 Å². The molecule has 2 nitrogen and oxygen atoms in total. The summed E-state index contributed by atoms with van der Waals surface area (Å²) in [5, 5.41) is 1.14.